The molecule has 0 radical (unpaired) electrons. The van der Waals surface area contributed by atoms with E-state index in [0.29, 0.717) is 84.0 Å². The van der Waals surface area contributed by atoms with Gasteiger partial charge in [0, 0.05) is 38.0 Å². The number of cyclic esters (lactones) is 3. The van der Waals surface area contributed by atoms with Gasteiger partial charge in [-0.05, 0) is 158 Å². The zero-order valence-corrected chi connectivity index (χ0v) is 42.0. The van der Waals surface area contributed by atoms with Gasteiger partial charge in [0.2, 0.25) is 12.6 Å². The lowest BCUT2D eigenvalue weighted by molar-refractivity contribution is -0.256. The topological polar surface area (TPSA) is 214 Å². The van der Waals surface area contributed by atoms with Crippen LogP contribution in [-0.4, -0.2) is 96.1 Å². The van der Waals surface area contributed by atoms with Gasteiger partial charge in [-0.25, -0.2) is 0 Å². The van der Waals surface area contributed by atoms with Crippen molar-refractivity contribution in [2.75, 3.05) is 19.8 Å². The maximum absolute atomic E-state index is 16.0. The van der Waals surface area contributed by atoms with E-state index in [9.17, 15) is 29.1 Å². The van der Waals surface area contributed by atoms with Gasteiger partial charge in [0.15, 0.2) is 0 Å². The second-order valence-electron chi connectivity index (χ2n) is 26.6. The van der Waals surface area contributed by atoms with Crippen LogP contribution in [0.4, 0.5) is 0 Å². The molecule has 16 nitrogen and oxygen atoms in total. The van der Waals surface area contributed by atoms with E-state index in [0.717, 1.165) is 38.5 Å². The fraction of sp³-hybridized carbons (Fsp3) is 0.889. The summed E-state index contributed by atoms with van der Waals surface area (Å²) in [5.41, 5.74) is -8.98. The highest BCUT2D eigenvalue weighted by atomic mass is 16.7. The highest BCUT2D eigenvalue weighted by Gasteiger charge is 2.73. The van der Waals surface area contributed by atoms with Gasteiger partial charge in [0.05, 0.1) is 64.8 Å². The molecule has 4 saturated heterocycles. The molecule has 16 heteroatoms. The average molecular weight is 1120 g/mol. The van der Waals surface area contributed by atoms with Crippen molar-refractivity contribution < 1.29 is 76.6 Å². The number of ether oxygens (including phenoxy) is 8. The molecular weight excluding hydrogens is 1010 g/mol. The number of carbonyl (C=O) groups excluding carboxylic acids is 7. The van der Waals surface area contributed by atoms with E-state index >= 15 is 9.59 Å². The van der Waals surface area contributed by atoms with Crippen LogP contribution in [0.5, 0.6) is 0 Å². The number of rotatable bonds is 13. The Labute approximate surface area is 474 Å². The predicted octanol–water partition coefficient (Wildman–Crippen LogP) is 11.9. The molecule has 0 aromatic rings. The van der Waals surface area contributed by atoms with Crippen molar-refractivity contribution in [1.29, 1.82) is 0 Å². The van der Waals surface area contributed by atoms with Gasteiger partial charge in [0.25, 0.3) is 0 Å². The van der Waals surface area contributed by atoms with Crippen LogP contribution in [0, 0.1) is 86.8 Å². The maximum Gasteiger partial charge on any atom is 0.318 e. The first-order valence-corrected chi connectivity index (χ1v) is 27.4. The predicted molar refractivity (Wildman–Crippen MR) is 298 cm³/mol. The minimum atomic E-state index is -1.87. The molecule has 10 saturated carbocycles. The Bertz CT molecular complexity index is 2200. The minimum Gasteiger partial charge on any atom is -0.465 e. The number of fused-ring (bicyclic) bond motifs is 5. The highest BCUT2D eigenvalue weighted by Crippen LogP contribution is 2.70. The fourth-order valence-corrected chi connectivity index (χ4v) is 19.3. The Morgan fingerprint density at radius 2 is 1.15 bits per heavy atom. The van der Waals surface area contributed by atoms with Gasteiger partial charge >= 0.3 is 41.8 Å². The van der Waals surface area contributed by atoms with E-state index in [2.05, 4.69) is 6.92 Å². The van der Waals surface area contributed by atoms with E-state index in [1.54, 1.807) is 13.8 Å². The number of hydrogen-bond donors (Lipinski definition) is 1. The van der Waals surface area contributed by atoms with Crippen molar-refractivity contribution in [2.24, 2.45) is 86.8 Å². The third kappa shape index (κ3) is 11.1. The van der Waals surface area contributed by atoms with Crippen LogP contribution in [0.2, 0.25) is 0 Å². The number of hydrogen-bond acceptors (Lipinski definition) is 16. The lowest BCUT2D eigenvalue weighted by atomic mass is 9.42. The van der Waals surface area contributed by atoms with Crippen molar-refractivity contribution in [3.8, 4) is 0 Å². The molecule has 14 aliphatic rings. The maximum atomic E-state index is 16.0. The van der Waals surface area contributed by atoms with Crippen LogP contribution in [0.3, 0.4) is 0 Å². The second-order valence-corrected chi connectivity index (χ2v) is 26.6. The SMILES string of the molecule is C.C.C.C.C.C.C.C.CC1C(=O)OC(=O)C1C(C)(CC(C)(CC1C(C)C2CC1C1COC(=O)C21)C(=O)OC12CC3CC(CC(O)(C3)C1)C2)C(=O)OC12CC3CC(C(=O)OC4CCCCO4)(C1)CC(C(=O)OC1CCCCO1)(C3)C2. The summed E-state index contributed by atoms with van der Waals surface area (Å²) in [5, 5.41) is 11.8. The molecule has 14 fully saturated rings. The van der Waals surface area contributed by atoms with E-state index < -0.39 is 98.7 Å². The Hall–Kier alpha value is -3.63. The smallest absolute Gasteiger partial charge is 0.318 e. The van der Waals surface area contributed by atoms with Crippen molar-refractivity contribution in [2.45, 2.75) is 251 Å². The highest BCUT2D eigenvalue weighted by molar-refractivity contribution is 6.00. The monoisotopic (exact) mass is 1120 g/mol. The minimum absolute atomic E-state index is 0. The third-order valence-corrected chi connectivity index (χ3v) is 21.3. The van der Waals surface area contributed by atoms with Gasteiger partial charge in [-0.3, -0.25) is 33.6 Å². The summed E-state index contributed by atoms with van der Waals surface area (Å²) < 4.78 is 48.8. The van der Waals surface area contributed by atoms with Crippen molar-refractivity contribution in [3.05, 3.63) is 0 Å². The fourth-order valence-electron chi connectivity index (χ4n) is 19.3. The molecule has 10 bridgehead atoms. The lowest BCUT2D eigenvalue weighted by Crippen LogP contribution is -2.66. The standard InChI is InChI=1S/C55H74O16.8CH4/c1-29-34-14-35(37-23-66-43(57)40(34)37)36(29)22-49(3,45(59)70-54-19-31-13-32(20-54)18-53(63,17-31)28-54)24-50(4,41-30(2)42(56)69-44(41)58)46(60)71-55-21-33-15-51(26-55,47(61)67-38-9-5-7-11-64-38)25-52(16-33,27-55)48(62)68-39-10-6-8-12-65-39;;;;;;;;/h29-41,63H,5-28H2,1-4H3;8*1H4. The van der Waals surface area contributed by atoms with E-state index in [1.807, 2.05) is 6.92 Å². The summed E-state index contributed by atoms with van der Waals surface area (Å²) in [6.45, 7) is 8.36. The Morgan fingerprint density at radius 1 is 0.608 bits per heavy atom. The molecule has 1 N–H and O–H groups in total. The quantitative estimate of drug-likeness (QED) is 0.103. The molecule has 4 aliphatic heterocycles. The zero-order valence-electron chi connectivity index (χ0n) is 42.0. The summed E-state index contributed by atoms with van der Waals surface area (Å²) in [4.78, 5) is 102. The molecule has 0 amide bonds. The summed E-state index contributed by atoms with van der Waals surface area (Å²) >= 11 is 0. The third-order valence-electron chi connectivity index (χ3n) is 21.3. The van der Waals surface area contributed by atoms with E-state index in [1.165, 1.54) is 0 Å². The summed E-state index contributed by atoms with van der Waals surface area (Å²) in [6.07, 6.45) is 9.28. The molecular formula is C63H106O16. The molecule has 454 valence electrons. The van der Waals surface area contributed by atoms with E-state index in [-0.39, 0.29) is 151 Å². The molecule has 4 heterocycles. The molecule has 16 unspecified atom stereocenters. The second kappa shape index (κ2) is 23.6. The first-order chi connectivity index (χ1) is 33.7. The van der Waals surface area contributed by atoms with Crippen molar-refractivity contribution in [1.82, 2.24) is 0 Å². The Balaban J connectivity index is 0.00000168. The average Bonchev–Trinajstić information content (AvgIpc) is 4.02. The lowest BCUT2D eigenvalue weighted by Gasteiger charge is -2.63. The number of aliphatic hydroxyl groups is 1. The Kier molecular flexibility index (Phi) is 20.2. The van der Waals surface area contributed by atoms with Crippen molar-refractivity contribution in [3.63, 3.8) is 0 Å². The van der Waals surface area contributed by atoms with Gasteiger partial charge in [-0.1, -0.05) is 73.3 Å². The van der Waals surface area contributed by atoms with E-state index in [4.69, 9.17) is 37.9 Å². The largest absolute Gasteiger partial charge is 0.465 e. The summed E-state index contributed by atoms with van der Waals surface area (Å²) in [7, 11) is 0. The zero-order chi connectivity index (χ0) is 49.7. The first-order valence-electron chi connectivity index (χ1n) is 27.4. The van der Waals surface area contributed by atoms with Gasteiger partial charge in [-0.15, -0.1) is 0 Å². The van der Waals surface area contributed by atoms with Gasteiger partial charge in [0.1, 0.15) is 11.2 Å². The Morgan fingerprint density at radius 3 is 1.66 bits per heavy atom. The van der Waals surface area contributed by atoms with Crippen LogP contribution in [-0.2, 0) is 71.5 Å². The molecule has 0 aromatic heterocycles. The van der Waals surface area contributed by atoms with Crippen LogP contribution in [0.25, 0.3) is 0 Å². The molecule has 16 atom stereocenters. The molecule has 14 rings (SSSR count). The number of esters is 7. The summed E-state index contributed by atoms with van der Waals surface area (Å²) in [5.74, 6) is -6.45. The molecule has 0 aromatic carbocycles. The normalized spacial score (nSPS) is 43.4. The van der Waals surface area contributed by atoms with Gasteiger partial charge in [-0.2, -0.15) is 0 Å². The van der Waals surface area contributed by atoms with Crippen LogP contribution >= 0.6 is 0 Å². The first kappa shape index (κ1) is 67.9. The van der Waals surface area contributed by atoms with Crippen LogP contribution in [0.15, 0.2) is 0 Å². The van der Waals surface area contributed by atoms with Crippen molar-refractivity contribution >= 4 is 41.8 Å². The number of carbonyl (C=O) groups is 7. The molecule has 10 aliphatic carbocycles. The van der Waals surface area contributed by atoms with Crippen LogP contribution in [0.1, 0.15) is 222 Å². The molecule has 0 spiro atoms. The molecule has 79 heavy (non-hydrogen) atoms. The van der Waals surface area contributed by atoms with Gasteiger partial charge < -0.3 is 43.0 Å². The summed E-state index contributed by atoms with van der Waals surface area (Å²) in [6, 6.07) is 0. The van der Waals surface area contributed by atoms with Crippen LogP contribution < -0.4 is 0 Å².